The fourth-order valence-electron chi connectivity index (χ4n) is 3.85. The first-order valence-corrected chi connectivity index (χ1v) is 6.26. The van der Waals surface area contributed by atoms with Crippen LogP contribution in [0.2, 0.25) is 0 Å². The summed E-state index contributed by atoms with van der Waals surface area (Å²) in [6.07, 6.45) is 1.30. The van der Waals surface area contributed by atoms with Crippen LogP contribution in [-0.2, 0) is 14.2 Å². The highest BCUT2D eigenvalue weighted by Crippen LogP contribution is 2.54. The minimum Gasteiger partial charge on any atom is -0.390 e. The Balaban J connectivity index is 1.74. The standard InChI is InChI=1S/C12H20O5/c1-15-7-11(14)4-8-5-12(16-2-3-17-12)6-9(8)10(11)13/h8-10,13-14H,2-7H2,1H3/t8-,9+,10-,11-/m1/s1. The largest absolute Gasteiger partial charge is 0.390 e. The molecule has 2 saturated carbocycles. The van der Waals surface area contributed by atoms with Gasteiger partial charge in [-0.25, -0.2) is 0 Å². The summed E-state index contributed by atoms with van der Waals surface area (Å²) < 4.78 is 16.3. The van der Waals surface area contributed by atoms with E-state index in [0.29, 0.717) is 26.1 Å². The zero-order valence-electron chi connectivity index (χ0n) is 10.1. The fourth-order valence-corrected chi connectivity index (χ4v) is 3.85. The Morgan fingerprint density at radius 3 is 2.53 bits per heavy atom. The van der Waals surface area contributed by atoms with E-state index in [1.54, 1.807) is 7.11 Å². The van der Waals surface area contributed by atoms with Gasteiger partial charge in [0.25, 0.3) is 0 Å². The number of ether oxygens (including phenoxy) is 3. The smallest absolute Gasteiger partial charge is 0.169 e. The fraction of sp³-hybridized carbons (Fsp3) is 1.00. The second-order valence-corrected chi connectivity index (χ2v) is 5.63. The van der Waals surface area contributed by atoms with Crippen LogP contribution >= 0.6 is 0 Å². The molecule has 3 rings (SSSR count). The molecule has 3 aliphatic rings. The van der Waals surface area contributed by atoms with Crippen molar-refractivity contribution in [2.45, 2.75) is 36.8 Å². The lowest BCUT2D eigenvalue weighted by Crippen LogP contribution is -2.45. The van der Waals surface area contributed by atoms with Gasteiger partial charge in [-0.05, 0) is 18.3 Å². The molecule has 2 N–H and O–H groups in total. The monoisotopic (exact) mass is 244 g/mol. The molecular formula is C12H20O5. The number of aliphatic hydroxyl groups excluding tert-OH is 1. The van der Waals surface area contributed by atoms with Gasteiger partial charge in [0, 0.05) is 20.0 Å². The molecule has 0 bridgehead atoms. The number of methoxy groups -OCH3 is 1. The topological polar surface area (TPSA) is 68.2 Å². The lowest BCUT2D eigenvalue weighted by atomic mass is 9.94. The van der Waals surface area contributed by atoms with Gasteiger partial charge in [0.1, 0.15) is 5.60 Å². The average Bonchev–Trinajstić information content (AvgIpc) is 2.91. The van der Waals surface area contributed by atoms with Crippen LogP contribution < -0.4 is 0 Å². The molecule has 0 radical (unpaired) electrons. The molecule has 17 heavy (non-hydrogen) atoms. The lowest BCUT2D eigenvalue weighted by Gasteiger charge is -2.30. The minimum atomic E-state index is -1.09. The number of fused-ring (bicyclic) bond motifs is 1. The summed E-state index contributed by atoms with van der Waals surface area (Å²) >= 11 is 0. The first kappa shape index (κ1) is 11.9. The van der Waals surface area contributed by atoms with Gasteiger partial charge >= 0.3 is 0 Å². The highest BCUT2D eigenvalue weighted by Gasteiger charge is 2.61. The van der Waals surface area contributed by atoms with Crippen LogP contribution in [0.4, 0.5) is 0 Å². The van der Waals surface area contributed by atoms with Crippen LogP contribution in [0.3, 0.4) is 0 Å². The van der Waals surface area contributed by atoms with E-state index in [1.165, 1.54) is 0 Å². The summed E-state index contributed by atoms with van der Waals surface area (Å²) in [7, 11) is 1.55. The van der Waals surface area contributed by atoms with Gasteiger partial charge in [-0.1, -0.05) is 0 Å². The van der Waals surface area contributed by atoms with Crippen LogP contribution in [0.5, 0.6) is 0 Å². The van der Waals surface area contributed by atoms with E-state index in [9.17, 15) is 10.2 Å². The van der Waals surface area contributed by atoms with Crippen molar-refractivity contribution in [3.05, 3.63) is 0 Å². The van der Waals surface area contributed by atoms with Crippen LogP contribution in [0.25, 0.3) is 0 Å². The maximum atomic E-state index is 10.3. The summed E-state index contributed by atoms with van der Waals surface area (Å²) in [6.45, 7) is 1.46. The van der Waals surface area contributed by atoms with Crippen molar-refractivity contribution in [1.82, 2.24) is 0 Å². The van der Waals surface area contributed by atoms with Crippen molar-refractivity contribution >= 4 is 0 Å². The molecule has 4 atom stereocenters. The maximum absolute atomic E-state index is 10.3. The molecule has 5 nitrogen and oxygen atoms in total. The first-order valence-electron chi connectivity index (χ1n) is 6.26. The predicted octanol–water partition coefficient (Wildman–Crippen LogP) is -0.102. The number of hydrogen-bond acceptors (Lipinski definition) is 5. The molecule has 1 aliphatic heterocycles. The van der Waals surface area contributed by atoms with E-state index in [0.717, 1.165) is 6.42 Å². The molecule has 3 fully saturated rings. The van der Waals surface area contributed by atoms with Gasteiger partial charge in [0.15, 0.2) is 5.79 Å². The summed E-state index contributed by atoms with van der Waals surface area (Å²) in [5.74, 6) is -0.151. The van der Waals surface area contributed by atoms with Crippen LogP contribution in [-0.4, -0.2) is 54.6 Å². The second-order valence-electron chi connectivity index (χ2n) is 5.63. The van der Waals surface area contributed by atoms with Crippen LogP contribution in [0.15, 0.2) is 0 Å². The second kappa shape index (κ2) is 3.90. The van der Waals surface area contributed by atoms with Crippen LogP contribution in [0, 0.1) is 11.8 Å². The summed E-state index contributed by atoms with van der Waals surface area (Å²) in [6, 6.07) is 0. The summed E-state index contributed by atoms with van der Waals surface area (Å²) in [5, 5.41) is 20.6. The van der Waals surface area contributed by atoms with E-state index >= 15 is 0 Å². The molecule has 0 aromatic carbocycles. The van der Waals surface area contributed by atoms with Gasteiger partial charge in [-0.3, -0.25) is 0 Å². The van der Waals surface area contributed by atoms with Gasteiger partial charge in [0.05, 0.1) is 25.9 Å². The highest BCUT2D eigenvalue weighted by atomic mass is 16.7. The number of aliphatic hydroxyl groups is 2. The van der Waals surface area contributed by atoms with Crippen molar-refractivity contribution in [2.24, 2.45) is 11.8 Å². The number of hydrogen-bond donors (Lipinski definition) is 2. The lowest BCUT2D eigenvalue weighted by molar-refractivity contribution is -0.169. The number of rotatable bonds is 2. The summed E-state index contributed by atoms with van der Waals surface area (Å²) in [5.41, 5.74) is -1.09. The molecule has 2 aliphatic carbocycles. The molecule has 0 amide bonds. The van der Waals surface area contributed by atoms with Gasteiger partial charge in [-0.15, -0.1) is 0 Å². The molecule has 0 unspecified atom stereocenters. The van der Waals surface area contributed by atoms with Crippen molar-refractivity contribution in [3.63, 3.8) is 0 Å². The third-order valence-electron chi connectivity index (χ3n) is 4.51. The molecular weight excluding hydrogens is 224 g/mol. The van der Waals surface area contributed by atoms with Crippen molar-refractivity contribution in [2.75, 3.05) is 26.9 Å². The van der Waals surface area contributed by atoms with E-state index in [1.807, 2.05) is 0 Å². The zero-order valence-corrected chi connectivity index (χ0v) is 10.1. The highest BCUT2D eigenvalue weighted by molar-refractivity contribution is 5.08. The first-order chi connectivity index (χ1) is 8.09. The van der Waals surface area contributed by atoms with Crippen LogP contribution in [0.1, 0.15) is 19.3 Å². The van der Waals surface area contributed by atoms with Crippen molar-refractivity contribution in [1.29, 1.82) is 0 Å². The minimum absolute atomic E-state index is 0.0632. The Kier molecular flexibility index (Phi) is 2.72. The molecule has 5 heteroatoms. The molecule has 98 valence electrons. The SMILES string of the molecule is COC[C@]1(O)C[C@@H]2CC3(C[C@@H]2[C@H]1O)OCCO3. The quantitative estimate of drug-likeness (QED) is 0.710. The molecule has 0 aromatic rings. The van der Waals surface area contributed by atoms with Crippen molar-refractivity contribution in [3.8, 4) is 0 Å². The Hall–Kier alpha value is -0.200. The van der Waals surface area contributed by atoms with Gasteiger partial charge < -0.3 is 24.4 Å². The van der Waals surface area contributed by atoms with E-state index in [2.05, 4.69) is 0 Å². The van der Waals surface area contributed by atoms with E-state index in [4.69, 9.17) is 14.2 Å². The average molecular weight is 244 g/mol. The molecule has 1 heterocycles. The van der Waals surface area contributed by atoms with Gasteiger partial charge in [-0.2, -0.15) is 0 Å². The van der Waals surface area contributed by atoms with E-state index in [-0.39, 0.29) is 18.4 Å². The Morgan fingerprint density at radius 1 is 1.24 bits per heavy atom. The Bertz CT molecular complexity index is 301. The predicted molar refractivity (Wildman–Crippen MR) is 58.3 cm³/mol. The van der Waals surface area contributed by atoms with E-state index < -0.39 is 17.5 Å². The zero-order chi connectivity index (χ0) is 12.1. The maximum Gasteiger partial charge on any atom is 0.169 e. The Morgan fingerprint density at radius 2 is 1.94 bits per heavy atom. The third-order valence-corrected chi connectivity index (χ3v) is 4.51. The molecule has 1 saturated heterocycles. The third kappa shape index (κ3) is 1.72. The Labute approximate surface area is 101 Å². The normalized spacial score (nSPS) is 47.8. The van der Waals surface area contributed by atoms with Crippen molar-refractivity contribution < 1.29 is 24.4 Å². The molecule has 0 aromatic heterocycles. The molecule has 1 spiro atoms. The van der Waals surface area contributed by atoms with Gasteiger partial charge in [0.2, 0.25) is 0 Å². The summed E-state index contributed by atoms with van der Waals surface area (Å²) in [4.78, 5) is 0.